The molecule has 1 aliphatic carbocycles. The van der Waals surface area contributed by atoms with Gasteiger partial charge in [0.2, 0.25) is 17.7 Å². The molecular weight excluding hydrogens is 766 g/mol. The van der Waals surface area contributed by atoms with Crippen molar-refractivity contribution in [3.05, 3.63) is 91.8 Å². The molecule has 1 unspecified atom stereocenters. The highest BCUT2D eigenvalue weighted by Crippen LogP contribution is 2.52. The average Bonchev–Trinajstić information content (AvgIpc) is 3.73. The molecule has 0 bridgehead atoms. The molecule has 296 valence electrons. The van der Waals surface area contributed by atoms with E-state index in [1.807, 2.05) is 35.8 Å². The Labute approximate surface area is 339 Å². The summed E-state index contributed by atoms with van der Waals surface area (Å²) in [5, 5.41) is 16.0. The summed E-state index contributed by atoms with van der Waals surface area (Å²) in [6, 6.07) is 11.0. The molecule has 5 heterocycles. The number of hydrogen-bond acceptors (Lipinski definition) is 10. The van der Waals surface area contributed by atoms with E-state index in [1.54, 1.807) is 29.5 Å². The van der Waals surface area contributed by atoms with Crippen molar-refractivity contribution in [2.45, 2.75) is 97.1 Å². The lowest BCUT2D eigenvalue weighted by atomic mass is 9.90. The Balaban J connectivity index is 0.791. The van der Waals surface area contributed by atoms with Gasteiger partial charge in [-0.05, 0) is 82.7 Å². The second-order valence-electron chi connectivity index (χ2n) is 15.4. The van der Waals surface area contributed by atoms with Crippen LogP contribution in [0.3, 0.4) is 0 Å². The summed E-state index contributed by atoms with van der Waals surface area (Å²) < 4.78 is 8.04. The molecule has 3 aliphatic heterocycles. The number of benzene rings is 2. The zero-order valence-corrected chi connectivity index (χ0v) is 33.7. The van der Waals surface area contributed by atoms with Crippen LogP contribution in [0.15, 0.2) is 47.5 Å². The van der Waals surface area contributed by atoms with Crippen molar-refractivity contribution in [1.29, 1.82) is 0 Å². The first-order valence-corrected chi connectivity index (χ1v) is 20.8. The van der Waals surface area contributed by atoms with E-state index >= 15 is 0 Å². The van der Waals surface area contributed by atoms with Crippen LogP contribution in [-0.2, 0) is 14.4 Å². The highest BCUT2D eigenvalue weighted by Gasteiger charge is 2.59. The molecule has 13 nitrogen and oxygen atoms in total. The van der Waals surface area contributed by atoms with Crippen molar-refractivity contribution in [2.75, 3.05) is 13.2 Å². The number of aliphatic imine (C=N–C) groups is 1. The molecule has 1 spiro atoms. The highest BCUT2D eigenvalue weighted by atomic mass is 35.5. The number of carbonyl (C=O) groups is 5. The molecule has 2 aromatic carbocycles. The Hall–Kier alpha value is -5.21. The lowest BCUT2D eigenvalue weighted by Crippen LogP contribution is -2.58. The molecule has 5 amide bonds. The summed E-state index contributed by atoms with van der Waals surface area (Å²) in [6.07, 6.45) is 7.03. The molecule has 4 aliphatic rings. The van der Waals surface area contributed by atoms with Crippen LogP contribution in [-0.4, -0.2) is 74.1 Å². The Kier molecular flexibility index (Phi) is 10.6. The number of thiophene rings is 1. The minimum Gasteiger partial charge on any atom is -0.493 e. The Morgan fingerprint density at radius 1 is 0.947 bits per heavy atom. The molecule has 2 atom stereocenters. The molecular formula is C42H44ClN7O6S. The van der Waals surface area contributed by atoms with Gasteiger partial charge in [0.1, 0.15) is 28.7 Å². The van der Waals surface area contributed by atoms with Gasteiger partial charge in [-0.2, -0.15) is 0 Å². The number of amides is 5. The van der Waals surface area contributed by atoms with E-state index in [0.29, 0.717) is 42.6 Å². The number of nitrogens with one attached hydrogen (secondary N) is 2. The second kappa shape index (κ2) is 15.6. The van der Waals surface area contributed by atoms with E-state index in [0.717, 1.165) is 76.7 Å². The zero-order valence-electron chi connectivity index (χ0n) is 32.2. The van der Waals surface area contributed by atoms with Gasteiger partial charge in [0, 0.05) is 27.6 Å². The topological polar surface area (TPSA) is 165 Å². The third kappa shape index (κ3) is 7.29. The number of halogens is 1. The largest absolute Gasteiger partial charge is 0.493 e. The van der Waals surface area contributed by atoms with E-state index in [2.05, 4.69) is 34.7 Å². The molecule has 1 saturated heterocycles. The lowest BCUT2D eigenvalue weighted by Gasteiger charge is -2.32. The van der Waals surface area contributed by atoms with Gasteiger partial charge in [-0.15, -0.1) is 21.5 Å². The van der Waals surface area contributed by atoms with Crippen LogP contribution in [0.5, 0.6) is 5.75 Å². The van der Waals surface area contributed by atoms with Crippen molar-refractivity contribution in [2.24, 2.45) is 10.4 Å². The summed E-state index contributed by atoms with van der Waals surface area (Å²) in [4.78, 5) is 72.5. The number of hydrogen-bond donors (Lipinski definition) is 2. The standard InChI is InChI=1S/C42H44ClN7O6S/c1-23-24(2)57-40-33(23)35(26-13-15-27(43)16-14-26)45-29(36-48-47-25(3)49(36)40)21-32(51)44-19-8-6-4-5-7-9-20-56-31-12-10-11-28-34(31)39(54)50(38(28)53)30-22-42(17-18-42)41(55)46-37(30)52/h10-16,29-30H,4-9,17-22H2,1-3H3,(H,44,51)(H,46,52,55)/t29-,30?/m0/s1. The van der Waals surface area contributed by atoms with Crippen LogP contribution >= 0.6 is 22.9 Å². The van der Waals surface area contributed by atoms with Crippen LogP contribution in [0.25, 0.3) is 5.00 Å². The molecule has 8 rings (SSSR count). The molecule has 2 aromatic heterocycles. The fourth-order valence-electron chi connectivity index (χ4n) is 8.07. The maximum atomic E-state index is 13.5. The van der Waals surface area contributed by atoms with E-state index in [1.165, 1.54) is 4.88 Å². The first kappa shape index (κ1) is 38.7. The van der Waals surface area contributed by atoms with Gasteiger partial charge in [-0.3, -0.25) is 43.7 Å². The van der Waals surface area contributed by atoms with Gasteiger partial charge >= 0.3 is 0 Å². The van der Waals surface area contributed by atoms with Crippen molar-refractivity contribution in [1.82, 2.24) is 30.3 Å². The molecule has 15 heteroatoms. The van der Waals surface area contributed by atoms with Gasteiger partial charge in [0.25, 0.3) is 11.8 Å². The first-order valence-electron chi connectivity index (χ1n) is 19.6. The lowest BCUT2D eigenvalue weighted by molar-refractivity contribution is -0.141. The maximum absolute atomic E-state index is 13.5. The van der Waals surface area contributed by atoms with Crippen LogP contribution < -0.4 is 15.4 Å². The molecule has 4 aromatic rings. The van der Waals surface area contributed by atoms with Crippen molar-refractivity contribution in [3.63, 3.8) is 0 Å². The number of aryl methyl sites for hydroxylation is 2. The van der Waals surface area contributed by atoms with Gasteiger partial charge in [0.15, 0.2) is 5.82 Å². The number of aromatic nitrogens is 3. The highest BCUT2D eigenvalue weighted by molar-refractivity contribution is 7.15. The Bertz CT molecular complexity index is 2330. The number of imide groups is 2. The number of fused-ring (bicyclic) bond motifs is 4. The average molecular weight is 810 g/mol. The summed E-state index contributed by atoms with van der Waals surface area (Å²) in [5.74, 6) is -0.408. The molecule has 2 fully saturated rings. The van der Waals surface area contributed by atoms with Crippen molar-refractivity contribution < 1.29 is 28.7 Å². The number of nitrogens with zero attached hydrogens (tertiary/aromatic N) is 5. The smallest absolute Gasteiger partial charge is 0.266 e. The second-order valence-corrected chi connectivity index (χ2v) is 17.0. The van der Waals surface area contributed by atoms with Crippen molar-refractivity contribution >= 4 is 58.2 Å². The molecule has 2 N–H and O–H groups in total. The molecule has 1 saturated carbocycles. The summed E-state index contributed by atoms with van der Waals surface area (Å²) in [6.45, 7) is 7.05. The number of unbranched alkanes of at least 4 members (excludes halogenated alkanes) is 5. The van der Waals surface area contributed by atoms with Crippen LogP contribution in [0, 0.1) is 26.2 Å². The van der Waals surface area contributed by atoms with E-state index in [-0.39, 0.29) is 35.8 Å². The maximum Gasteiger partial charge on any atom is 0.266 e. The fourth-order valence-corrected chi connectivity index (χ4v) is 9.41. The van der Waals surface area contributed by atoms with Gasteiger partial charge < -0.3 is 10.1 Å². The summed E-state index contributed by atoms with van der Waals surface area (Å²) in [5.41, 5.74) is 3.63. The fraction of sp³-hybridized carbons (Fsp3) is 0.429. The SMILES string of the molecule is Cc1sc2c(c1C)C(c1ccc(Cl)cc1)=N[C@@H](CC(=O)NCCCCCCCCOc1cccc3c1C(=O)N(C1CC4(CC4)C(=O)NC1=O)C3=O)c1nnc(C)n1-2. The van der Waals surface area contributed by atoms with Gasteiger partial charge in [0.05, 0.1) is 35.3 Å². The van der Waals surface area contributed by atoms with Crippen LogP contribution in [0.1, 0.15) is 124 Å². The summed E-state index contributed by atoms with van der Waals surface area (Å²) in [7, 11) is 0. The van der Waals surface area contributed by atoms with E-state index in [9.17, 15) is 24.0 Å². The quantitative estimate of drug-likeness (QED) is 0.107. The molecule has 57 heavy (non-hydrogen) atoms. The molecule has 0 radical (unpaired) electrons. The third-order valence-electron chi connectivity index (χ3n) is 11.6. The first-order chi connectivity index (χ1) is 27.5. The monoisotopic (exact) mass is 809 g/mol. The minimum absolute atomic E-state index is 0.0960. The van der Waals surface area contributed by atoms with E-state index < -0.39 is 35.2 Å². The number of carbonyl (C=O) groups excluding carboxylic acids is 5. The van der Waals surface area contributed by atoms with Crippen molar-refractivity contribution in [3.8, 4) is 10.8 Å². The number of ether oxygens (including phenoxy) is 1. The van der Waals surface area contributed by atoms with Gasteiger partial charge in [-0.1, -0.05) is 55.5 Å². The Morgan fingerprint density at radius 3 is 2.44 bits per heavy atom. The van der Waals surface area contributed by atoms with E-state index in [4.69, 9.17) is 21.3 Å². The number of piperidine rings is 1. The predicted octanol–water partition coefficient (Wildman–Crippen LogP) is 6.52. The predicted molar refractivity (Wildman–Crippen MR) is 214 cm³/mol. The summed E-state index contributed by atoms with van der Waals surface area (Å²) >= 11 is 7.90. The number of rotatable bonds is 14. The van der Waals surface area contributed by atoms with Crippen LogP contribution in [0.2, 0.25) is 5.02 Å². The van der Waals surface area contributed by atoms with Crippen LogP contribution in [0.4, 0.5) is 0 Å². The van der Waals surface area contributed by atoms with Gasteiger partial charge in [-0.25, -0.2) is 0 Å². The zero-order chi connectivity index (χ0) is 40.0. The normalized spacial score (nSPS) is 19.2. The Morgan fingerprint density at radius 2 is 1.68 bits per heavy atom. The third-order valence-corrected chi connectivity index (χ3v) is 13.0. The minimum atomic E-state index is -1.01.